The molecule has 5 nitrogen and oxygen atoms in total. The van der Waals surface area contributed by atoms with E-state index in [1.807, 2.05) is 23.7 Å². The van der Waals surface area contributed by atoms with Gasteiger partial charge < -0.3 is 4.42 Å². The molecular formula is C17H15N3O2S. The van der Waals surface area contributed by atoms with Crippen molar-refractivity contribution in [3.8, 4) is 11.3 Å². The number of nitrogens with zero attached hydrogens (tertiary/aromatic N) is 3. The van der Waals surface area contributed by atoms with Gasteiger partial charge in [0.1, 0.15) is 16.9 Å². The molecule has 6 heteroatoms. The first-order valence-corrected chi connectivity index (χ1v) is 8.43. The molecule has 1 atom stereocenters. The van der Waals surface area contributed by atoms with Crippen molar-refractivity contribution in [1.29, 1.82) is 0 Å². The Morgan fingerprint density at radius 1 is 1.43 bits per heavy atom. The maximum absolute atomic E-state index is 12.7. The lowest BCUT2D eigenvalue weighted by molar-refractivity contribution is 0.583. The lowest BCUT2D eigenvalue weighted by atomic mass is 9.96. The molecule has 0 radical (unpaired) electrons. The second-order valence-corrected chi connectivity index (χ2v) is 6.37. The van der Waals surface area contributed by atoms with Crippen molar-refractivity contribution in [2.45, 2.75) is 19.3 Å². The van der Waals surface area contributed by atoms with Crippen molar-refractivity contribution in [3.63, 3.8) is 0 Å². The summed E-state index contributed by atoms with van der Waals surface area (Å²) in [6.45, 7) is 0. The molecule has 1 aliphatic carbocycles. The maximum Gasteiger partial charge on any atom is 0.283 e. The van der Waals surface area contributed by atoms with E-state index in [0.29, 0.717) is 21.9 Å². The summed E-state index contributed by atoms with van der Waals surface area (Å²) < 4.78 is 6.74. The van der Waals surface area contributed by atoms with Gasteiger partial charge in [0.2, 0.25) is 0 Å². The molecule has 0 bridgehead atoms. The second-order valence-electron chi connectivity index (χ2n) is 5.51. The first-order valence-electron chi connectivity index (χ1n) is 7.55. The molecule has 0 fully saturated rings. The van der Waals surface area contributed by atoms with Crippen LogP contribution in [0.3, 0.4) is 0 Å². The highest BCUT2D eigenvalue weighted by Crippen LogP contribution is 2.30. The van der Waals surface area contributed by atoms with E-state index in [2.05, 4.69) is 22.2 Å². The molecule has 0 unspecified atom stereocenters. The Hall–Kier alpha value is -2.47. The average Bonchev–Trinajstić information content (AvgIpc) is 3.24. The van der Waals surface area contributed by atoms with Crippen LogP contribution < -0.4 is 5.56 Å². The molecule has 3 aromatic heterocycles. The van der Waals surface area contributed by atoms with Crippen LogP contribution in [0.5, 0.6) is 0 Å². The Labute approximate surface area is 136 Å². The number of rotatable bonds is 3. The predicted octanol–water partition coefficient (Wildman–Crippen LogP) is 3.91. The minimum atomic E-state index is -0.162. The Morgan fingerprint density at radius 2 is 2.39 bits per heavy atom. The van der Waals surface area contributed by atoms with Crippen LogP contribution in [0.25, 0.3) is 21.5 Å². The molecule has 0 saturated carbocycles. The first kappa shape index (κ1) is 14.1. The van der Waals surface area contributed by atoms with Crippen LogP contribution in [0.2, 0.25) is 0 Å². The maximum atomic E-state index is 12.7. The third kappa shape index (κ3) is 2.66. The summed E-state index contributed by atoms with van der Waals surface area (Å²) in [6.07, 6.45) is 12.4. The highest BCUT2D eigenvalue weighted by molar-refractivity contribution is 7.17. The van der Waals surface area contributed by atoms with Gasteiger partial charge in [0.25, 0.3) is 5.56 Å². The summed E-state index contributed by atoms with van der Waals surface area (Å²) in [5, 5.41) is 6.80. The normalized spacial score (nSPS) is 18.2. The zero-order valence-corrected chi connectivity index (χ0v) is 13.2. The van der Waals surface area contributed by atoms with Crippen LogP contribution in [-0.2, 0) is 0 Å². The van der Waals surface area contributed by atoms with E-state index in [4.69, 9.17) is 4.42 Å². The van der Waals surface area contributed by atoms with E-state index >= 15 is 0 Å². The fourth-order valence-corrected chi connectivity index (χ4v) is 3.62. The number of fused-ring (bicyclic) bond motifs is 1. The smallest absolute Gasteiger partial charge is 0.283 e. The molecule has 23 heavy (non-hydrogen) atoms. The SMILES string of the molecule is O=c1c2c(-c3ccco3)csc2ncn1/N=C\[C@H]1CC=CCC1. The van der Waals surface area contributed by atoms with Gasteiger partial charge in [0.05, 0.1) is 11.6 Å². The molecule has 0 saturated heterocycles. The van der Waals surface area contributed by atoms with E-state index < -0.39 is 0 Å². The number of thiophene rings is 1. The molecule has 0 aromatic carbocycles. The molecule has 1 aliphatic rings. The number of aromatic nitrogens is 2. The molecule has 3 aromatic rings. The zero-order chi connectivity index (χ0) is 15.6. The van der Waals surface area contributed by atoms with Gasteiger partial charge in [-0.05, 0) is 37.3 Å². The highest BCUT2D eigenvalue weighted by atomic mass is 32.1. The fourth-order valence-electron chi connectivity index (χ4n) is 2.74. The Bertz CT molecular complexity index is 935. The molecule has 116 valence electrons. The second kappa shape index (κ2) is 5.96. The van der Waals surface area contributed by atoms with Gasteiger partial charge in [0, 0.05) is 17.2 Å². The van der Waals surface area contributed by atoms with Crippen molar-refractivity contribution < 1.29 is 4.42 Å². The molecule has 0 amide bonds. The van der Waals surface area contributed by atoms with Crippen molar-refractivity contribution in [1.82, 2.24) is 9.66 Å². The molecular weight excluding hydrogens is 310 g/mol. The Morgan fingerprint density at radius 3 is 3.17 bits per heavy atom. The van der Waals surface area contributed by atoms with E-state index in [1.165, 1.54) is 22.3 Å². The van der Waals surface area contributed by atoms with Crippen molar-refractivity contribution in [2.75, 3.05) is 0 Å². The highest BCUT2D eigenvalue weighted by Gasteiger charge is 2.15. The minimum Gasteiger partial charge on any atom is -0.464 e. The molecule has 0 spiro atoms. The summed E-state index contributed by atoms with van der Waals surface area (Å²) in [5.74, 6) is 1.06. The monoisotopic (exact) mass is 325 g/mol. The summed E-state index contributed by atoms with van der Waals surface area (Å²) in [6, 6.07) is 3.65. The van der Waals surface area contributed by atoms with Crippen LogP contribution in [0, 0.1) is 5.92 Å². The van der Waals surface area contributed by atoms with E-state index in [-0.39, 0.29) is 5.56 Å². The van der Waals surface area contributed by atoms with Gasteiger partial charge >= 0.3 is 0 Å². The van der Waals surface area contributed by atoms with Crippen LogP contribution in [-0.4, -0.2) is 15.9 Å². The molecule has 4 rings (SSSR count). The number of hydrogen-bond donors (Lipinski definition) is 0. The van der Waals surface area contributed by atoms with E-state index in [9.17, 15) is 4.79 Å². The van der Waals surface area contributed by atoms with Crippen LogP contribution in [0.1, 0.15) is 19.3 Å². The third-order valence-corrected chi connectivity index (χ3v) is 4.86. The largest absolute Gasteiger partial charge is 0.464 e. The molecule has 3 heterocycles. The Kier molecular flexibility index (Phi) is 3.67. The molecule has 0 N–H and O–H groups in total. The lowest BCUT2D eigenvalue weighted by Gasteiger charge is -2.11. The number of furan rings is 1. The van der Waals surface area contributed by atoms with Crippen LogP contribution >= 0.6 is 11.3 Å². The summed E-state index contributed by atoms with van der Waals surface area (Å²) >= 11 is 1.44. The van der Waals surface area contributed by atoms with E-state index in [1.54, 1.807) is 6.26 Å². The topological polar surface area (TPSA) is 60.4 Å². The van der Waals surface area contributed by atoms with Gasteiger partial charge in [-0.3, -0.25) is 4.79 Å². The van der Waals surface area contributed by atoms with Gasteiger partial charge in [0.15, 0.2) is 0 Å². The summed E-state index contributed by atoms with van der Waals surface area (Å²) in [5.41, 5.74) is 0.614. The first-order chi connectivity index (χ1) is 11.3. The molecule has 0 aliphatic heterocycles. The van der Waals surface area contributed by atoms with Crippen molar-refractivity contribution in [2.24, 2.45) is 11.0 Å². The van der Waals surface area contributed by atoms with E-state index in [0.717, 1.165) is 24.8 Å². The van der Waals surface area contributed by atoms with Crippen molar-refractivity contribution in [3.05, 3.63) is 52.6 Å². The average molecular weight is 325 g/mol. The van der Waals surface area contributed by atoms with Gasteiger partial charge in [-0.1, -0.05) is 12.2 Å². The quantitative estimate of drug-likeness (QED) is 0.542. The number of hydrogen-bond acceptors (Lipinski definition) is 5. The van der Waals surface area contributed by atoms with Crippen molar-refractivity contribution >= 4 is 27.8 Å². The number of allylic oxidation sites excluding steroid dienone is 2. The summed E-state index contributed by atoms with van der Waals surface area (Å²) in [7, 11) is 0. The third-order valence-electron chi connectivity index (χ3n) is 3.98. The Balaban J connectivity index is 1.75. The lowest BCUT2D eigenvalue weighted by Crippen LogP contribution is -2.17. The summed E-state index contributed by atoms with van der Waals surface area (Å²) in [4.78, 5) is 17.8. The predicted molar refractivity (Wildman–Crippen MR) is 92.0 cm³/mol. The van der Waals surface area contributed by atoms with Crippen LogP contribution in [0.4, 0.5) is 0 Å². The van der Waals surface area contributed by atoms with Gasteiger partial charge in [-0.2, -0.15) is 9.78 Å². The minimum absolute atomic E-state index is 0.162. The van der Waals surface area contributed by atoms with Gasteiger partial charge in [-0.25, -0.2) is 4.98 Å². The van der Waals surface area contributed by atoms with Crippen LogP contribution in [0.15, 0.2) is 56.6 Å². The fraction of sp³-hybridized carbons (Fsp3) is 0.235. The van der Waals surface area contributed by atoms with Gasteiger partial charge in [-0.15, -0.1) is 11.3 Å². The zero-order valence-electron chi connectivity index (χ0n) is 12.4. The standard InChI is InChI=1S/C17H15N3O2S/c21-17-15-13(14-7-4-8-22-14)10-23-16(15)18-11-20(17)19-9-12-5-2-1-3-6-12/h1-2,4,7-12H,3,5-6H2/b19-9-/t12-/m0/s1.